The van der Waals surface area contributed by atoms with E-state index in [0.29, 0.717) is 17.0 Å². The molecule has 0 aromatic heterocycles. The van der Waals surface area contributed by atoms with Crippen molar-refractivity contribution in [2.24, 2.45) is 0 Å². The number of nitrogens with one attached hydrogen (secondary N) is 2. The maximum atomic E-state index is 12.0. The van der Waals surface area contributed by atoms with Gasteiger partial charge in [-0.15, -0.1) is 0 Å². The van der Waals surface area contributed by atoms with Crippen LogP contribution in [0.4, 0.5) is 5.69 Å². The molecule has 3 aromatic rings. The average molecular weight is 392 g/mol. The van der Waals surface area contributed by atoms with Gasteiger partial charge in [-0.05, 0) is 47.2 Å². The molecule has 0 saturated carbocycles. The Balaban J connectivity index is 1.43. The van der Waals surface area contributed by atoms with E-state index >= 15 is 0 Å². The van der Waals surface area contributed by atoms with E-state index in [2.05, 4.69) is 10.6 Å². The molecule has 0 aliphatic heterocycles. The number of hydrogen-bond donors (Lipinski definition) is 2. The molecule has 0 heterocycles. The highest BCUT2D eigenvalue weighted by molar-refractivity contribution is 5.97. The summed E-state index contributed by atoms with van der Waals surface area (Å²) in [6.07, 6.45) is 0. The first-order valence-corrected chi connectivity index (χ1v) is 8.91. The van der Waals surface area contributed by atoms with Crippen LogP contribution in [0.3, 0.4) is 0 Å². The Hall–Kier alpha value is -3.87. The molecule has 0 unspecified atom stereocenters. The first-order chi connectivity index (χ1) is 14.0. The summed E-state index contributed by atoms with van der Waals surface area (Å²) in [5.74, 6) is -0.973. The van der Waals surface area contributed by atoms with Gasteiger partial charge in [0.1, 0.15) is 12.3 Å². The maximum absolute atomic E-state index is 12.0. The summed E-state index contributed by atoms with van der Waals surface area (Å²) in [6, 6.07) is 19.7. The molecule has 0 aliphatic carbocycles. The summed E-state index contributed by atoms with van der Waals surface area (Å²) in [4.78, 5) is 35.8. The quantitative estimate of drug-likeness (QED) is 0.603. The molecule has 0 bridgehead atoms. The van der Waals surface area contributed by atoms with E-state index in [9.17, 15) is 14.4 Å². The molecule has 7 nitrogen and oxygen atoms in total. The van der Waals surface area contributed by atoms with E-state index in [0.717, 1.165) is 10.8 Å². The van der Waals surface area contributed by atoms with Gasteiger partial charge in [-0.1, -0.05) is 30.3 Å². The second-order valence-corrected chi connectivity index (χ2v) is 6.18. The minimum Gasteiger partial charge on any atom is -0.497 e. The molecule has 3 aromatic carbocycles. The van der Waals surface area contributed by atoms with E-state index in [1.54, 1.807) is 30.3 Å². The van der Waals surface area contributed by atoms with E-state index in [1.165, 1.54) is 7.11 Å². The van der Waals surface area contributed by atoms with Crippen molar-refractivity contribution in [1.82, 2.24) is 5.32 Å². The second-order valence-electron chi connectivity index (χ2n) is 6.18. The van der Waals surface area contributed by atoms with Crippen LogP contribution in [0.25, 0.3) is 10.8 Å². The van der Waals surface area contributed by atoms with Crippen LogP contribution in [0.5, 0.6) is 5.75 Å². The van der Waals surface area contributed by atoms with Crippen LogP contribution in [0.1, 0.15) is 10.4 Å². The molecule has 0 aliphatic rings. The standard InChI is InChI=1S/C22H20N2O5/c1-28-19-10-7-16(8-11-19)22(27)23-13-21(26)29-14-20(25)24-18-9-6-15-4-2-3-5-17(15)12-18/h2-12H,13-14H2,1H3,(H,23,27)(H,24,25). The normalized spacial score (nSPS) is 10.2. The van der Waals surface area contributed by atoms with E-state index in [-0.39, 0.29) is 6.54 Å². The third-order valence-corrected chi connectivity index (χ3v) is 4.14. The smallest absolute Gasteiger partial charge is 0.325 e. The van der Waals surface area contributed by atoms with Gasteiger partial charge in [0.05, 0.1) is 7.11 Å². The molecule has 0 spiro atoms. The fourth-order valence-corrected chi connectivity index (χ4v) is 2.66. The van der Waals surface area contributed by atoms with Gasteiger partial charge >= 0.3 is 5.97 Å². The number of ether oxygens (including phenoxy) is 2. The number of rotatable bonds is 7. The molecule has 7 heteroatoms. The van der Waals surface area contributed by atoms with Crippen LogP contribution in [0, 0.1) is 0 Å². The highest BCUT2D eigenvalue weighted by Crippen LogP contribution is 2.18. The van der Waals surface area contributed by atoms with Gasteiger partial charge in [-0.3, -0.25) is 14.4 Å². The zero-order valence-electron chi connectivity index (χ0n) is 15.8. The Morgan fingerprint density at radius 3 is 2.34 bits per heavy atom. The molecular weight excluding hydrogens is 372 g/mol. The minimum atomic E-state index is -0.708. The predicted octanol–water partition coefficient (Wildman–Crippen LogP) is 2.76. The van der Waals surface area contributed by atoms with Gasteiger partial charge < -0.3 is 20.1 Å². The lowest BCUT2D eigenvalue weighted by atomic mass is 10.1. The summed E-state index contributed by atoms with van der Waals surface area (Å²) in [5, 5.41) is 7.17. The molecule has 0 atom stereocenters. The number of methoxy groups -OCH3 is 1. The zero-order valence-corrected chi connectivity index (χ0v) is 15.8. The number of carbonyl (C=O) groups excluding carboxylic acids is 3. The van der Waals surface area contributed by atoms with Gasteiger partial charge in [-0.2, -0.15) is 0 Å². The third-order valence-electron chi connectivity index (χ3n) is 4.14. The van der Waals surface area contributed by atoms with Gasteiger partial charge in [0.2, 0.25) is 0 Å². The van der Waals surface area contributed by atoms with Crippen molar-refractivity contribution >= 4 is 34.2 Å². The number of fused-ring (bicyclic) bond motifs is 1. The average Bonchev–Trinajstić information content (AvgIpc) is 2.76. The van der Waals surface area contributed by atoms with Gasteiger partial charge in [0, 0.05) is 11.3 Å². The van der Waals surface area contributed by atoms with Gasteiger partial charge in [0.15, 0.2) is 6.61 Å². The Kier molecular flexibility index (Phi) is 6.42. The Labute approximate surface area is 167 Å². The molecule has 2 N–H and O–H groups in total. The minimum absolute atomic E-state index is 0.339. The highest BCUT2D eigenvalue weighted by atomic mass is 16.5. The predicted molar refractivity (Wildman–Crippen MR) is 109 cm³/mol. The van der Waals surface area contributed by atoms with E-state index in [4.69, 9.17) is 9.47 Å². The van der Waals surface area contributed by atoms with Crippen LogP contribution in [-0.2, 0) is 14.3 Å². The molecule has 0 fully saturated rings. The lowest BCUT2D eigenvalue weighted by Gasteiger charge is -2.08. The number of benzene rings is 3. The van der Waals surface area contributed by atoms with Gasteiger partial charge in [-0.25, -0.2) is 0 Å². The monoisotopic (exact) mass is 392 g/mol. The molecule has 2 amide bonds. The van der Waals surface area contributed by atoms with Crippen LogP contribution >= 0.6 is 0 Å². The van der Waals surface area contributed by atoms with E-state index < -0.39 is 24.4 Å². The lowest BCUT2D eigenvalue weighted by molar-refractivity contribution is -0.146. The van der Waals surface area contributed by atoms with Crippen LogP contribution in [0.15, 0.2) is 66.7 Å². The highest BCUT2D eigenvalue weighted by Gasteiger charge is 2.11. The summed E-state index contributed by atoms with van der Waals surface area (Å²) in [7, 11) is 1.53. The molecule has 0 radical (unpaired) electrons. The fourth-order valence-electron chi connectivity index (χ4n) is 2.66. The van der Waals surface area contributed by atoms with Crippen molar-refractivity contribution in [3.8, 4) is 5.75 Å². The number of amides is 2. The number of carbonyl (C=O) groups is 3. The zero-order chi connectivity index (χ0) is 20.6. The molecule has 0 saturated heterocycles. The van der Waals surface area contributed by atoms with Crippen molar-refractivity contribution in [1.29, 1.82) is 0 Å². The first kappa shape index (κ1) is 19.9. The van der Waals surface area contributed by atoms with Crippen molar-refractivity contribution in [2.45, 2.75) is 0 Å². The molecule has 3 rings (SSSR count). The summed E-state index contributed by atoms with van der Waals surface area (Å²) in [5.41, 5.74) is 0.991. The Morgan fingerprint density at radius 1 is 0.897 bits per heavy atom. The van der Waals surface area contributed by atoms with Crippen LogP contribution in [0.2, 0.25) is 0 Å². The molecule has 148 valence electrons. The first-order valence-electron chi connectivity index (χ1n) is 8.91. The summed E-state index contributed by atoms with van der Waals surface area (Å²) >= 11 is 0. The number of hydrogen-bond acceptors (Lipinski definition) is 5. The van der Waals surface area contributed by atoms with Crippen molar-refractivity contribution in [3.05, 3.63) is 72.3 Å². The van der Waals surface area contributed by atoms with Crippen molar-refractivity contribution in [2.75, 3.05) is 25.6 Å². The topological polar surface area (TPSA) is 93.7 Å². The Morgan fingerprint density at radius 2 is 1.62 bits per heavy atom. The Bertz CT molecular complexity index is 1030. The van der Waals surface area contributed by atoms with E-state index in [1.807, 2.05) is 36.4 Å². The molecular formula is C22H20N2O5. The van der Waals surface area contributed by atoms with Crippen LogP contribution < -0.4 is 15.4 Å². The summed E-state index contributed by atoms with van der Waals surface area (Å²) < 4.78 is 9.92. The number of anilines is 1. The SMILES string of the molecule is COc1ccc(C(=O)NCC(=O)OCC(=O)Nc2ccc3ccccc3c2)cc1. The largest absolute Gasteiger partial charge is 0.497 e. The van der Waals surface area contributed by atoms with Crippen molar-refractivity contribution < 1.29 is 23.9 Å². The maximum Gasteiger partial charge on any atom is 0.325 e. The lowest BCUT2D eigenvalue weighted by Crippen LogP contribution is -2.32. The van der Waals surface area contributed by atoms with Gasteiger partial charge in [0.25, 0.3) is 11.8 Å². The molecule has 29 heavy (non-hydrogen) atoms. The van der Waals surface area contributed by atoms with Crippen LogP contribution in [-0.4, -0.2) is 38.0 Å². The summed E-state index contributed by atoms with van der Waals surface area (Å²) in [6.45, 7) is -0.780. The van der Waals surface area contributed by atoms with Crippen molar-refractivity contribution in [3.63, 3.8) is 0 Å². The number of esters is 1. The fraction of sp³-hybridized carbons (Fsp3) is 0.136. The third kappa shape index (κ3) is 5.55. The second kappa shape index (κ2) is 9.36.